The summed E-state index contributed by atoms with van der Waals surface area (Å²) >= 11 is 1.88. The second kappa shape index (κ2) is 11.7. The maximum Gasteiger partial charge on any atom is 0.0466 e. The van der Waals surface area contributed by atoms with Crippen molar-refractivity contribution in [2.24, 2.45) is 0 Å². The lowest BCUT2D eigenvalue weighted by molar-refractivity contribution is 0.126. The smallest absolute Gasteiger partial charge is 0.0466 e. The van der Waals surface area contributed by atoms with E-state index in [1.807, 2.05) is 11.3 Å². The molecular formula is C16H28OS. The molecule has 0 saturated carbocycles. The zero-order chi connectivity index (χ0) is 12.9. The van der Waals surface area contributed by atoms with E-state index in [1.54, 1.807) is 0 Å². The second-order valence-electron chi connectivity index (χ2n) is 4.92. The SMILES string of the molecule is CCCCCCOCCCCCCc1cccs1. The van der Waals surface area contributed by atoms with Crippen molar-refractivity contribution in [2.45, 2.75) is 64.7 Å². The van der Waals surface area contributed by atoms with E-state index in [-0.39, 0.29) is 0 Å². The molecule has 1 aromatic heterocycles. The fourth-order valence-corrected chi connectivity index (χ4v) is 2.80. The molecule has 0 aliphatic heterocycles. The minimum atomic E-state index is 0.963. The summed E-state index contributed by atoms with van der Waals surface area (Å²) in [4.78, 5) is 1.53. The van der Waals surface area contributed by atoms with Crippen molar-refractivity contribution in [3.63, 3.8) is 0 Å². The summed E-state index contributed by atoms with van der Waals surface area (Å²) in [6, 6.07) is 4.39. The molecule has 2 heteroatoms. The summed E-state index contributed by atoms with van der Waals surface area (Å²) < 4.78 is 5.63. The first-order valence-electron chi connectivity index (χ1n) is 7.53. The summed E-state index contributed by atoms with van der Waals surface area (Å²) in [7, 11) is 0. The van der Waals surface area contributed by atoms with Gasteiger partial charge in [0.25, 0.3) is 0 Å². The Morgan fingerprint density at radius 2 is 1.67 bits per heavy atom. The standard InChI is InChI=1S/C16H28OS/c1-2-3-4-8-13-17-14-9-6-5-7-11-16-12-10-15-18-16/h10,12,15H,2-9,11,13-14H2,1H3. The van der Waals surface area contributed by atoms with Gasteiger partial charge in [-0.2, -0.15) is 0 Å². The molecule has 0 radical (unpaired) electrons. The van der Waals surface area contributed by atoms with Crippen LogP contribution in [0.3, 0.4) is 0 Å². The quantitative estimate of drug-likeness (QED) is 0.458. The van der Waals surface area contributed by atoms with Gasteiger partial charge >= 0.3 is 0 Å². The number of hydrogen-bond donors (Lipinski definition) is 0. The molecule has 0 aliphatic rings. The topological polar surface area (TPSA) is 9.23 Å². The molecule has 0 N–H and O–H groups in total. The van der Waals surface area contributed by atoms with Crippen LogP contribution in [0.1, 0.15) is 63.2 Å². The predicted octanol–water partition coefficient (Wildman–Crippen LogP) is 5.45. The Morgan fingerprint density at radius 1 is 0.944 bits per heavy atom. The van der Waals surface area contributed by atoms with Gasteiger partial charge in [-0.3, -0.25) is 0 Å². The molecule has 0 bridgehead atoms. The first kappa shape index (κ1) is 15.7. The maximum absolute atomic E-state index is 5.63. The van der Waals surface area contributed by atoms with Crippen molar-refractivity contribution in [1.82, 2.24) is 0 Å². The Hall–Kier alpha value is -0.340. The van der Waals surface area contributed by atoms with Crippen molar-refractivity contribution < 1.29 is 4.74 Å². The molecule has 1 rings (SSSR count). The van der Waals surface area contributed by atoms with Crippen molar-refractivity contribution in [1.29, 1.82) is 0 Å². The highest BCUT2D eigenvalue weighted by Gasteiger charge is 1.95. The van der Waals surface area contributed by atoms with Gasteiger partial charge in [0.05, 0.1) is 0 Å². The number of thiophene rings is 1. The van der Waals surface area contributed by atoms with Gasteiger partial charge in [-0.1, -0.05) is 45.1 Å². The average Bonchev–Trinajstić information content (AvgIpc) is 2.89. The molecule has 18 heavy (non-hydrogen) atoms. The first-order valence-corrected chi connectivity index (χ1v) is 8.41. The molecule has 0 spiro atoms. The first-order chi connectivity index (χ1) is 8.93. The number of rotatable bonds is 12. The molecular weight excluding hydrogens is 240 g/mol. The Balaban J connectivity index is 1.73. The third-order valence-electron chi connectivity index (χ3n) is 3.18. The minimum Gasteiger partial charge on any atom is -0.381 e. The van der Waals surface area contributed by atoms with Gasteiger partial charge in [0.1, 0.15) is 0 Å². The van der Waals surface area contributed by atoms with Crippen LogP contribution in [0.2, 0.25) is 0 Å². The van der Waals surface area contributed by atoms with Crippen molar-refractivity contribution in [3.8, 4) is 0 Å². The lowest BCUT2D eigenvalue weighted by atomic mass is 10.1. The van der Waals surface area contributed by atoms with E-state index in [2.05, 4.69) is 24.4 Å². The molecule has 1 nitrogen and oxygen atoms in total. The van der Waals surface area contributed by atoms with Crippen LogP contribution < -0.4 is 0 Å². The lowest BCUT2D eigenvalue weighted by Gasteiger charge is -2.04. The number of ether oxygens (including phenoxy) is 1. The Kier molecular flexibility index (Phi) is 10.2. The lowest BCUT2D eigenvalue weighted by Crippen LogP contribution is -1.97. The molecule has 0 saturated heterocycles. The van der Waals surface area contributed by atoms with Crippen LogP contribution in [0, 0.1) is 0 Å². The highest BCUT2D eigenvalue weighted by molar-refractivity contribution is 7.09. The van der Waals surface area contributed by atoms with Crippen molar-refractivity contribution in [3.05, 3.63) is 22.4 Å². The van der Waals surface area contributed by atoms with E-state index in [0.29, 0.717) is 0 Å². The molecule has 0 amide bonds. The average molecular weight is 268 g/mol. The highest BCUT2D eigenvalue weighted by atomic mass is 32.1. The van der Waals surface area contributed by atoms with E-state index in [1.165, 1.54) is 62.7 Å². The molecule has 0 aliphatic carbocycles. The molecule has 0 aromatic carbocycles. The monoisotopic (exact) mass is 268 g/mol. The Bertz CT molecular complexity index is 256. The van der Waals surface area contributed by atoms with Gasteiger partial charge in [-0.05, 0) is 37.1 Å². The molecule has 1 heterocycles. The zero-order valence-electron chi connectivity index (χ0n) is 11.8. The van der Waals surface area contributed by atoms with Crippen LogP contribution in [0.25, 0.3) is 0 Å². The Morgan fingerprint density at radius 3 is 2.33 bits per heavy atom. The van der Waals surface area contributed by atoms with Crippen LogP contribution >= 0.6 is 11.3 Å². The third kappa shape index (κ3) is 8.71. The van der Waals surface area contributed by atoms with Crippen molar-refractivity contribution in [2.75, 3.05) is 13.2 Å². The number of hydrogen-bond acceptors (Lipinski definition) is 2. The molecule has 104 valence electrons. The fourth-order valence-electron chi connectivity index (χ4n) is 2.04. The zero-order valence-corrected chi connectivity index (χ0v) is 12.6. The van der Waals surface area contributed by atoms with Crippen molar-refractivity contribution >= 4 is 11.3 Å². The van der Waals surface area contributed by atoms with E-state index in [9.17, 15) is 0 Å². The third-order valence-corrected chi connectivity index (χ3v) is 4.12. The largest absolute Gasteiger partial charge is 0.381 e. The summed E-state index contributed by atoms with van der Waals surface area (Å²) in [6.45, 7) is 4.18. The van der Waals surface area contributed by atoms with Gasteiger partial charge in [0.2, 0.25) is 0 Å². The molecule has 0 unspecified atom stereocenters. The van der Waals surface area contributed by atoms with Crippen LogP contribution in [-0.2, 0) is 11.2 Å². The van der Waals surface area contributed by atoms with E-state index >= 15 is 0 Å². The maximum atomic E-state index is 5.63. The molecule has 0 atom stereocenters. The fraction of sp³-hybridized carbons (Fsp3) is 0.750. The van der Waals surface area contributed by atoms with Crippen LogP contribution in [0.5, 0.6) is 0 Å². The summed E-state index contributed by atoms with van der Waals surface area (Å²) in [6.07, 6.45) is 11.7. The van der Waals surface area contributed by atoms with Crippen LogP contribution in [-0.4, -0.2) is 13.2 Å². The van der Waals surface area contributed by atoms with Gasteiger partial charge in [0, 0.05) is 18.1 Å². The van der Waals surface area contributed by atoms with Gasteiger partial charge in [-0.15, -0.1) is 11.3 Å². The van der Waals surface area contributed by atoms with E-state index in [4.69, 9.17) is 4.74 Å². The number of aryl methyl sites for hydroxylation is 1. The summed E-state index contributed by atoms with van der Waals surface area (Å²) in [5.41, 5.74) is 0. The second-order valence-corrected chi connectivity index (χ2v) is 5.95. The van der Waals surface area contributed by atoms with E-state index in [0.717, 1.165) is 13.2 Å². The normalized spacial score (nSPS) is 10.9. The van der Waals surface area contributed by atoms with Crippen LogP contribution in [0.4, 0.5) is 0 Å². The minimum absolute atomic E-state index is 0.963. The summed E-state index contributed by atoms with van der Waals surface area (Å²) in [5.74, 6) is 0. The van der Waals surface area contributed by atoms with Gasteiger partial charge in [-0.25, -0.2) is 0 Å². The molecule has 1 aromatic rings. The number of unbranched alkanes of at least 4 members (excludes halogenated alkanes) is 6. The highest BCUT2D eigenvalue weighted by Crippen LogP contribution is 2.13. The van der Waals surface area contributed by atoms with Crippen LogP contribution in [0.15, 0.2) is 17.5 Å². The van der Waals surface area contributed by atoms with Gasteiger partial charge in [0.15, 0.2) is 0 Å². The molecule has 0 fully saturated rings. The van der Waals surface area contributed by atoms with Gasteiger partial charge < -0.3 is 4.74 Å². The Labute approximate surface area is 117 Å². The summed E-state index contributed by atoms with van der Waals surface area (Å²) in [5, 5.41) is 2.17. The van der Waals surface area contributed by atoms with E-state index < -0.39 is 0 Å². The predicted molar refractivity (Wildman–Crippen MR) is 81.5 cm³/mol.